The Kier molecular flexibility index (Phi) is 5.80. The molecule has 5 aromatic rings. The highest BCUT2D eigenvalue weighted by Gasteiger charge is 2.24. The Hall–Kier alpha value is -3.53. The first-order valence-electron chi connectivity index (χ1n) is 12.0. The highest BCUT2D eigenvalue weighted by molar-refractivity contribution is 7.07. The van der Waals surface area contributed by atoms with E-state index < -0.39 is 0 Å². The van der Waals surface area contributed by atoms with Gasteiger partial charge in [-0.25, -0.2) is 0 Å². The van der Waals surface area contributed by atoms with Crippen LogP contribution in [-0.2, 0) is 0 Å². The number of benzene rings is 4. The van der Waals surface area contributed by atoms with Gasteiger partial charge in [-0.05, 0) is 33.4 Å². The van der Waals surface area contributed by atoms with E-state index in [2.05, 4.69) is 119 Å². The van der Waals surface area contributed by atoms with Crippen LogP contribution >= 0.6 is 11.3 Å². The topological polar surface area (TPSA) is 8.32 Å². The summed E-state index contributed by atoms with van der Waals surface area (Å²) in [5.41, 5.74) is 12.4. The number of hydrogen-bond donors (Lipinski definition) is 1. The minimum atomic E-state index is 1.21. The van der Waals surface area contributed by atoms with Gasteiger partial charge < -0.3 is 4.90 Å². The lowest BCUT2D eigenvalue weighted by Crippen LogP contribution is -3.05. The van der Waals surface area contributed by atoms with Crippen molar-refractivity contribution in [2.75, 3.05) is 13.1 Å². The van der Waals surface area contributed by atoms with E-state index in [0.717, 1.165) is 0 Å². The second-order valence-electron chi connectivity index (χ2n) is 8.97. The molecule has 0 amide bonds. The molecule has 6 rings (SSSR count). The van der Waals surface area contributed by atoms with E-state index in [9.17, 15) is 0 Å². The van der Waals surface area contributed by atoms with E-state index in [0.29, 0.717) is 0 Å². The molecule has 1 aliphatic heterocycles. The molecule has 1 N–H and O–H groups in total. The van der Waals surface area contributed by atoms with Crippen LogP contribution in [0.1, 0.15) is 12.8 Å². The molecule has 0 spiro atoms. The van der Waals surface area contributed by atoms with Crippen LogP contribution in [0.5, 0.6) is 0 Å². The van der Waals surface area contributed by atoms with Gasteiger partial charge in [-0.1, -0.05) is 90.2 Å². The number of nitrogens with zero attached hydrogens (tertiary/aromatic N) is 1. The lowest BCUT2D eigenvalue weighted by atomic mass is 9.87. The molecule has 1 saturated heterocycles. The molecule has 0 bridgehead atoms. The van der Waals surface area contributed by atoms with E-state index in [1.54, 1.807) is 16.2 Å². The molecule has 2 nitrogen and oxygen atoms in total. The van der Waals surface area contributed by atoms with Crippen LogP contribution in [0.4, 0.5) is 5.69 Å². The molecule has 166 valence electrons. The molecule has 4 aromatic carbocycles. The molecule has 0 unspecified atom stereocenters. The predicted octanol–water partition coefficient (Wildman–Crippen LogP) is 6.34. The van der Waals surface area contributed by atoms with Crippen molar-refractivity contribution in [3.63, 3.8) is 0 Å². The maximum absolute atomic E-state index is 2.44. The van der Waals surface area contributed by atoms with E-state index in [1.807, 2.05) is 0 Å². The van der Waals surface area contributed by atoms with Gasteiger partial charge in [0.1, 0.15) is 5.69 Å². The van der Waals surface area contributed by atoms with Crippen molar-refractivity contribution in [2.24, 2.45) is 0 Å². The average Bonchev–Trinajstić information content (AvgIpc) is 3.64. The van der Waals surface area contributed by atoms with Gasteiger partial charge >= 0.3 is 0 Å². The SMILES string of the molecule is c1ccc(-c2cccc(-c3ccccc3)c2-c2cc(-[n+]3ccsc3)cc([NH+]3CCCC3)c2)cc1. The molecule has 0 radical (unpaired) electrons. The molecule has 1 aliphatic rings. The van der Waals surface area contributed by atoms with E-state index in [-0.39, 0.29) is 0 Å². The van der Waals surface area contributed by atoms with Gasteiger partial charge in [0.15, 0.2) is 6.20 Å². The number of hydrogen-bond acceptors (Lipinski definition) is 1. The van der Waals surface area contributed by atoms with Gasteiger partial charge in [0.2, 0.25) is 11.2 Å². The molecule has 0 saturated carbocycles. The largest absolute Gasteiger partial charge is 0.302 e. The van der Waals surface area contributed by atoms with Gasteiger partial charge in [-0.3, -0.25) is 0 Å². The summed E-state index contributed by atoms with van der Waals surface area (Å²) >= 11 is 1.73. The van der Waals surface area contributed by atoms with Gasteiger partial charge in [0.25, 0.3) is 0 Å². The summed E-state index contributed by atoms with van der Waals surface area (Å²) in [4.78, 5) is 1.59. The number of nitrogens with one attached hydrogen (secondary N) is 1. The summed E-state index contributed by atoms with van der Waals surface area (Å²) in [6, 6.07) is 35.5. The summed E-state index contributed by atoms with van der Waals surface area (Å²) in [6.07, 6.45) is 4.76. The Balaban J connectivity index is 1.63. The minimum absolute atomic E-state index is 1.21. The van der Waals surface area contributed by atoms with Crippen LogP contribution in [0.25, 0.3) is 39.1 Å². The molecule has 3 heteroatoms. The summed E-state index contributed by atoms with van der Waals surface area (Å²) in [5.74, 6) is 0. The van der Waals surface area contributed by atoms with E-state index in [4.69, 9.17) is 0 Å². The third-order valence-electron chi connectivity index (χ3n) is 6.83. The minimum Gasteiger partial charge on any atom is -0.302 e. The van der Waals surface area contributed by atoms with Gasteiger partial charge in [-0.15, -0.1) is 0 Å². The van der Waals surface area contributed by atoms with Crippen LogP contribution in [0.3, 0.4) is 0 Å². The summed E-state index contributed by atoms with van der Waals surface area (Å²) in [5, 5.41) is 2.14. The van der Waals surface area contributed by atoms with Crippen LogP contribution < -0.4 is 9.47 Å². The maximum atomic E-state index is 2.44. The van der Waals surface area contributed by atoms with E-state index in [1.165, 1.54) is 70.7 Å². The Morgan fingerprint density at radius 2 is 1.29 bits per heavy atom. The third-order valence-corrected chi connectivity index (χ3v) is 7.46. The molecule has 34 heavy (non-hydrogen) atoms. The second kappa shape index (κ2) is 9.38. The van der Waals surface area contributed by atoms with Crippen LogP contribution in [-0.4, -0.2) is 13.1 Å². The van der Waals surface area contributed by atoms with Gasteiger partial charge in [0.05, 0.1) is 24.5 Å². The Bertz CT molecular complexity index is 1330. The monoisotopic (exact) mass is 460 g/mol. The normalized spacial score (nSPS) is 13.9. The average molecular weight is 461 g/mol. The second-order valence-corrected chi connectivity index (χ2v) is 9.73. The molecular formula is C31H28N2S+2. The highest BCUT2D eigenvalue weighted by Crippen LogP contribution is 2.41. The third kappa shape index (κ3) is 4.09. The van der Waals surface area contributed by atoms with Crippen LogP contribution in [0.15, 0.2) is 114 Å². The molecule has 1 fully saturated rings. The quantitative estimate of drug-likeness (QED) is 0.293. The van der Waals surface area contributed by atoms with Crippen molar-refractivity contribution in [1.82, 2.24) is 0 Å². The smallest absolute Gasteiger partial charge is 0.230 e. The van der Waals surface area contributed by atoms with Crippen molar-refractivity contribution in [1.29, 1.82) is 0 Å². The lowest BCUT2D eigenvalue weighted by Gasteiger charge is -2.18. The fraction of sp³-hybridized carbons (Fsp3) is 0.129. The predicted molar refractivity (Wildman–Crippen MR) is 142 cm³/mol. The number of aromatic nitrogens is 1. The van der Waals surface area contributed by atoms with Gasteiger partial charge in [-0.2, -0.15) is 4.57 Å². The summed E-state index contributed by atoms with van der Waals surface area (Å²) < 4.78 is 2.25. The zero-order chi connectivity index (χ0) is 22.7. The number of thiazole rings is 1. The van der Waals surface area contributed by atoms with Crippen molar-refractivity contribution >= 4 is 17.0 Å². The first-order valence-corrected chi connectivity index (χ1v) is 13.0. The van der Waals surface area contributed by atoms with E-state index >= 15 is 0 Å². The van der Waals surface area contributed by atoms with Crippen molar-refractivity contribution < 1.29 is 9.47 Å². The molecule has 0 atom stereocenters. The molecule has 0 aliphatic carbocycles. The zero-order valence-corrected chi connectivity index (χ0v) is 20.0. The van der Waals surface area contributed by atoms with Crippen molar-refractivity contribution in [3.8, 4) is 39.1 Å². The Morgan fingerprint density at radius 1 is 0.647 bits per heavy atom. The zero-order valence-electron chi connectivity index (χ0n) is 19.2. The Morgan fingerprint density at radius 3 is 1.88 bits per heavy atom. The lowest BCUT2D eigenvalue weighted by molar-refractivity contribution is -0.818. The standard InChI is InChI=1S/C31H27N2S/c1-3-10-24(11-4-1)29-14-9-15-30(25-12-5-2-6-13-25)31(29)26-20-27(32-16-7-8-17-32)22-28(21-26)33-18-19-34-23-33/h1-6,9-15,18-23H,7-8,16-17H2/q+1/p+1. The highest BCUT2D eigenvalue weighted by atomic mass is 32.1. The first kappa shape index (κ1) is 21.0. The molecule has 1 aromatic heterocycles. The molecule has 2 heterocycles. The molecular weight excluding hydrogens is 432 g/mol. The van der Waals surface area contributed by atoms with Gasteiger partial charge in [0, 0.05) is 25.0 Å². The summed E-state index contributed by atoms with van der Waals surface area (Å²) in [7, 11) is 0. The maximum Gasteiger partial charge on any atom is 0.230 e. The fourth-order valence-electron chi connectivity index (χ4n) is 5.16. The first-order chi connectivity index (χ1) is 16.9. The summed E-state index contributed by atoms with van der Waals surface area (Å²) in [6.45, 7) is 2.42. The van der Waals surface area contributed by atoms with Crippen LogP contribution in [0.2, 0.25) is 0 Å². The fourth-order valence-corrected chi connectivity index (χ4v) is 5.76. The van der Waals surface area contributed by atoms with Crippen molar-refractivity contribution in [3.05, 3.63) is 114 Å². The number of rotatable bonds is 5. The number of quaternary nitrogens is 1. The van der Waals surface area contributed by atoms with Crippen LogP contribution in [0, 0.1) is 0 Å². The Labute approximate surface area is 205 Å². The van der Waals surface area contributed by atoms with Crippen molar-refractivity contribution in [2.45, 2.75) is 12.8 Å².